The van der Waals surface area contributed by atoms with Gasteiger partial charge in [0.2, 0.25) is 0 Å². The SMILES string of the molecule is O=C(c1cc(Cl)ccc1I)N1CCN(Cc2ccccc2)CC1. The minimum atomic E-state index is 0.0799. The highest BCUT2D eigenvalue weighted by Crippen LogP contribution is 2.20. The summed E-state index contributed by atoms with van der Waals surface area (Å²) in [4.78, 5) is 17.0. The minimum Gasteiger partial charge on any atom is -0.336 e. The summed E-state index contributed by atoms with van der Waals surface area (Å²) in [6.07, 6.45) is 0. The van der Waals surface area contributed by atoms with Gasteiger partial charge >= 0.3 is 0 Å². The first-order valence-corrected chi connectivity index (χ1v) is 9.10. The van der Waals surface area contributed by atoms with Gasteiger partial charge in [0, 0.05) is 41.3 Å². The molecule has 1 saturated heterocycles. The number of hydrogen-bond acceptors (Lipinski definition) is 2. The number of carbonyl (C=O) groups is 1. The van der Waals surface area contributed by atoms with E-state index in [0.717, 1.165) is 36.3 Å². The van der Waals surface area contributed by atoms with E-state index < -0.39 is 0 Å². The van der Waals surface area contributed by atoms with Crippen LogP contribution < -0.4 is 0 Å². The van der Waals surface area contributed by atoms with Crippen molar-refractivity contribution in [1.29, 1.82) is 0 Å². The van der Waals surface area contributed by atoms with Crippen molar-refractivity contribution in [3.63, 3.8) is 0 Å². The molecular formula is C18H18ClIN2O. The number of rotatable bonds is 3. The molecule has 1 heterocycles. The molecule has 0 atom stereocenters. The Balaban J connectivity index is 1.60. The first kappa shape index (κ1) is 16.7. The molecule has 0 saturated carbocycles. The second kappa shape index (κ2) is 7.64. The first-order chi connectivity index (χ1) is 11.1. The number of benzene rings is 2. The monoisotopic (exact) mass is 440 g/mol. The fraction of sp³-hybridized carbons (Fsp3) is 0.278. The van der Waals surface area contributed by atoms with Crippen LogP contribution in [0.25, 0.3) is 0 Å². The fourth-order valence-corrected chi connectivity index (χ4v) is 3.52. The highest BCUT2D eigenvalue weighted by molar-refractivity contribution is 14.1. The molecule has 0 aromatic heterocycles. The summed E-state index contributed by atoms with van der Waals surface area (Å²) in [7, 11) is 0. The zero-order chi connectivity index (χ0) is 16.2. The van der Waals surface area contributed by atoms with Gasteiger partial charge in [-0.3, -0.25) is 9.69 Å². The first-order valence-electron chi connectivity index (χ1n) is 7.64. The number of carbonyl (C=O) groups excluding carboxylic acids is 1. The number of nitrogens with zero attached hydrogens (tertiary/aromatic N) is 2. The largest absolute Gasteiger partial charge is 0.336 e. The van der Waals surface area contributed by atoms with E-state index in [1.807, 2.05) is 23.1 Å². The van der Waals surface area contributed by atoms with E-state index in [0.29, 0.717) is 10.6 Å². The van der Waals surface area contributed by atoms with Crippen molar-refractivity contribution in [2.24, 2.45) is 0 Å². The molecular weight excluding hydrogens is 423 g/mol. The highest BCUT2D eigenvalue weighted by Gasteiger charge is 2.23. The van der Waals surface area contributed by atoms with Crippen LogP contribution in [0.2, 0.25) is 5.02 Å². The van der Waals surface area contributed by atoms with Crippen molar-refractivity contribution >= 4 is 40.1 Å². The summed E-state index contributed by atoms with van der Waals surface area (Å²) in [5.74, 6) is 0.0799. The van der Waals surface area contributed by atoms with Gasteiger partial charge in [-0.05, 0) is 46.4 Å². The van der Waals surface area contributed by atoms with Crippen molar-refractivity contribution in [2.45, 2.75) is 6.54 Å². The lowest BCUT2D eigenvalue weighted by Crippen LogP contribution is -2.48. The van der Waals surface area contributed by atoms with Crippen LogP contribution >= 0.6 is 34.2 Å². The molecule has 3 nitrogen and oxygen atoms in total. The van der Waals surface area contributed by atoms with Crippen molar-refractivity contribution in [2.75, 3.05) is 26.2 Å². The molecule has 0 bridgehead atoms. The summed E-state index contributed by atoms with van der Waals surface area (Å²) in [6, 6.07) is 15.9. The van der Waals surface area contributed by atoms with Crippen LogP contribution in [0, 0.1) is 3.57 Å². The quantitative estimate of drug-likeness (QED) is 0.676. The molecule has 1 aliphatic heterocycles. The molecule has 23 heavy (non-hydrogen) atoms. The van der Waals surface area contributed by atoms with Gasteiger partial charge in [0.25, 0.3) is 5.91 Å². The zero-order valence-corrected chi connectivity index (χ0v) is 15.6. The van der Waals surface area contributed by atoms with Gasteiger partial charge in [-0.25, -0.2) is 0 Å². The normalized spacial score (nSPS) is 15.7. The maximum atomic E-state index is 12.7. The van der Waals surface area contributed by atoms with Crippen LogP contribution in [0.4, 0.5) is 0 Å². The molecule has 120 valence electrons. The van der Waals surface area contributed by atoms with E-state index >= 15 is 0 Å². The third kappa shape index (κ3) is 4.25. The van der Waals surface area contributed by atoms with E-state index in [9.17, 15) is 4.79 Å². The molecule has 1 amide bonds. The molecule has 0 spiro atoms. The maximum Gasteiger partial charge on any atom is 0.255 e. The van der Waals surface area contributed by atoms with E-state index in [4.69, 9.17) is 11.6 Å². The van der Waals surface area contributed by atoms with Gasteiger partial charge in [0.05, 0.1) is 5.56 Å². The van der Waals surface area contributed by atoms with Crippen molar-refractivity contribution in [3.05, 3.63) is 68.3 Å². The Kier molecular flexibility index (Phi) is 5.56. The minimum absolute atomic E-state index is 0.0799. The highest BCUT2D eigenvalue weighted by atomic mass is 127. The molecule has 1 aliphatic rings. The number of piperazine rings is 1. The lowest BCUT2D eigenvalue weighted by atomic mass is 10.1. The summed E-state index contributed by atoms with van der Waals surface area (Å²) in [6.45, 7) is 4.26. The number of hydrogen-bond donors (Lipinski definition) is 0. The van der Waals surface area contributed by atoms with Gasteiger partial charge in [0.1, 0.15) is 0 Å². The molecule has 2 aromatic rings. The van der Waals surface area contributed by atoms with Crippen LogP contribution in [0.1, 0.15) is 15.9 Å². The van der Waals surface area contributed by atoms with Crippen LogP contribution in [0.3, 0.4) is 0 Å². The molecule has 2 aromatic carbocycles. The molecule has 0 aliphatic carbocycles. The zero-order valence-electron chi connectivity index (χ0n) is 12.7. The molecule has 1 fully saturated rings. The van der Waals surface area contributed by atoms with Gasteiger partial charge < -0.3 is 4.90 Å². The Labute approximate surface area is 155 Å². The lowest BCUT2D eigenvalue weighted by molar-refractivity contribution is 0.0627. The van der Waals surface area contributed by atoms with Crippen LogP contribution in [-0.4, -0.2) is 41.9 Å². The number of amides is 1. The van der Waals surface area contributed by atoms with E-state index in [1.165, 1.54) is 5.56 Å². The topological polar surface area (TPSA) is 23.6 Å². The average Bonchev–Trinajstić information content (AvgIpc) is 2.58. The second-order valence-corrected chi connectivity index (χ2v) is 7.28. The van der Waals surface area contributed by atoms with Crippen molar-refractivity contribution < 1.29 is 4.79 Å². The lowest BCUT2D eigenvalue weighted by Gasteiger charge is -2.35. The Morgan fingerprint density at radius 2 is 1.74 bits per heavy atom. The molecule has 0 N–H and O–H groups in total. The predicted octanol–water partition coefficient (Wildman–Crippen LogP) is 3.90. The third-order valence-corrected chi connectivity index (χ3v) is 5.24. The van der Waals surface area contributed by atoms with Gasteiger partial charge in [-0.1, -0.05) is 41.9 Å². The summed E-state index contributed by atoms with van der Waals surface area (Å²) < 4.78 is 0.948. The third-order valence-electron chi connectivity index (χ3n) is 4.07. The molecule has 5 heteroatoms. The van der Waals surface area contributed by atoms with Gasteiger partial charge in [-0.2, -0.15) is 0 Å². The second-order valence-electron chi connectivity index (χ2n) is 5.68. The van der Waals surface area contributed by atoms with Crippen LogP contribution in [0.5, 0.6) is 0 Å². The number of halogens is 2. The van der Waals surface area contributed by atoms with Gasteiger partial charge in [0.15, 0.2) is 0 Å². The molecule has 3 rings (SSSR count). The maximum absolute atomic E-state index is 12.7. The Bertz CT molecular complexity index is 685. The van der Waals surface area contributed by atoms with Crippen molar-refractivity contribution in [1.82, 2.24) is 9.80 Å². The van der Waals surface area contributed by atoms with E-state index in [1.54, 1.807) is 6.07 Å². The van der Waals surface area contributed by atoms with Crippen LogP contribution in [-0.2, 0) is 6.54 Å². The fourth-order valence-electron chi connectivity index (χ4n) is 2.78. The van der Waals surface area contributed by atoms with Crippen LogP contribution in [0.15, 0.2) is 48.5 Å². The molecule has 0 unspecified atom stereocenters. The predicted molar refractivity (Wildman–Crippen MR) is 102 cm³/mol. The summed E-state index contributed by atoms with van der Waals surface area (Å²) >= 11 is 8.22. The Morgan fingerprint density at radius 3 is 2.43 bits per heavy atom. The Morgan fingerprint density at radius 1 is 1.04 bits per heavy atom. The standard InChI is InChI=1S/C18H18ClIN2O/c19-15-6-7-17(20)16(12-15)18(23)22-10-8-21(9-11-22)13-14-4-2-1-3-5-14/h1-7,12H,8-11,13H2. The van der Waals surface area contributed by atoms with E-state index in [2.05, 4.69) is 51.8 Å². The van der Waals surface area contributed by atoms with Gasteiger partial charge in [-0.15, -0.1) is 0 Å². The Hall–Kier alpha value is -1.11. The molecule has 0 radical (unpaired) electrons. The average molecular weight is 441 g/mol. The summed E-state index contributed by atoms with van der Waals surface area (Å²) in [5.41, 5.74) is 2.02. The smallest absolute Gasteiger partial charge is 0.255 e. The summed E-state index contributed by atoms with van der Waals surface area (Å²) in [5, 5.41) is 0.608. The van der Waals surface area contributed by atoms with Crippen molar-refractivity contribution in [3.8, 4) is 0 Å². The van der Waals surface area contributed by atoms with E-state index in [-0.39, 0.29) is 5.91 Å².